The van der Waals surface area contributed by atoms with Crippen molar-refractivity contribution in [3.05, 3.63) is 5.01 Å². The van der Waals surface area contributed by atoms with E-state index in [9.17, 15) is 13.6 Å². The topological polar surface area (TPSA) is 76.1 Å². The predicted octanol–water partition coefficient (Wildman–Crippen LogP) is 2.56. The summed E-state index contributed by atoms with van der Waals surface area (Å²) in [6, 6.07) is -0.474. The minimum absolute atomic E-state index is 0.0618. The summed E-state index contributed by atoms with van der Waals surface area (Å²) in [5.74, 6) is 0. The molecule has 1 unspecified atom stereocenters. The van der Waals surface area contributed by atoms with E-state index in [0.29, 0.717) is 17.9 Å². The van der Waals surface area contributed by atoms with Crippen molar-refractivity contribution in [2.75, 3.05) is 18.5 Å². The van der Waals surface area contributed by atoms with Gasteiger partial charge in [0.15, 0.2) is 5.01 Å². The van der Waals surface area contributed by atoms with Crippen molar-refractivity contribution in [3.8, 4) is 0 Å². The van der Waals surface area contributed by atoms with Crippen LogP contribution in [0.2, 0.25) is 0 Å². The maximum atomic E-state index is 12.3. The van der Waals surface area contributed by atoms with Gasteiger partial charge in [-0.25, -0.2) is 13.6 Å². The monoisotopic (exact) mass is 306 g/mol. The van der Waals surface area contributed by atoms with Gasteiger partial charge in [0.25, 0.3) is 6.43 Å². The van der Waals surface area contributed by atoms with Crippen molar-refractivity contribution in [2.45, 2.75) is 38.2 Å². The minimum Gasteiger partial charge on any atom is -0.378 e. The number of ether oxygens (including phenoxy) is 1. The molecule has 6 nitrogen and oxygen atoms in total. The Morgan fingerprint density at radius 1 is 1.45 bits per heavy atom. The number of halogens is 2. The van der Waals surface area contributed by atoms with Gasteiger partial charge in [-0.15, -0.1) is 10.2 Å². The largest absolute Gasteiger partial charge is 0.378 e. The number of hydrogen-bond donors (Lipinski definition) is 2. The Morgan fingerprint density at radius 3 is 2.95 bits per heavy atom. The molecule has 1 aromatic rings. The molecule has 20 heavy (non-hydrogen) atoms. The van der Waals surface area contributed by atoms with E-state index < -0.39 is 17.5 Å². The fourth-order valence-corrected chi connectivity index (χ4v) is 2.49. The van der Waals surface area contributed by atoms with E-state index in [-0.39, 0.29) is 11.2 Å². The van der Waals surface area contributed by atoms with E-state index in [4.69, 9.17) is 4.74 Å². The molecule has 1 atom stereocenters. The maximum absolute atomic E-state index is 12.3. The van der Waals surface area contributed by atoms with Crippen LogP contribution in [0.5, 0.6) is 0 Å². The maximum Gasteiger partial charge on any atom is 0.321 e. The third-order valence-corrected chi connectivity index (χ3v) is 3.72. The molecular weight excluding hydrogens is 290 g/mol. The van der Waals surface area contributed by atoms with Crippen LogP contribution < -0.4 is 10.6 Å². The molecule has 1 aromatic heterocycles. The molecule has 1 aliphatic heterocycles. The SMILES string of the molecule is O=C(NCCC1CCCCO1)Nc1nnc(C(F)F)s1. The molecule has 0 aliphatic carbocycles. The van der Waals surface area contributed by atoms with Gasteiger partial charge < -0.3 is 10.1 Å². The molecular formula is C11H16F2N4O2S. The van der Waals surface area contributed by atoms with E-state index in [1.807, 2.05) is 0 Å². The normalized spacial score (nSPS) is 19.1. The highest BCUT2D eigenvalue weighted by Gasteiger charge is 2.16. The van der Waals surface area contributed by atoms with Crippen molar-refractivity contribution in [2.24, 2.45) is 0 Å². The Labute approximate surface area is 118 Å². The zero-order valence-electron chi connectivity index (χ0n) is 10.8. The highest BCUT2D eigenvalue weighted by Crippen LogP contribution is 2.24. The summed E-state index contributed by atoms with van der Waals surface area (Å²) in [6.07, 6.45) is 1.51. The third-order valence-electron chi connectivity index (χ3n) is 2.87. The molecule has 0 spiro atoms. The van der Waals surface area contributed by atoms with Gasteiger partial charge in [-0.2, -0.15) is 0 Å². The summed E-state index contributed by atoms with van der Waals surface area (Å²) in [5, 5.41) is 11.4. The van der Waals surface area contributed by atoms with Crippen LogP contribution >= 0.6 is 11.3 Å². The number of carbonyl (C=O) groups is 1. The first-order valence-electron chi connectivity index (χ1n) is 6.43. The van der Waals surface area contributed by atoms with Crippen LogP contribution in [0.4, 0.5) is 18.7 Å². The fourth-order valence-electron chi connectivity index (χ4n) is 1.90. The first-order valence-corrected chi connectivity index (χ1v) is 7.25. The Kier molecular flexibility index (Phi) is 5.60. The van der Waals surface area contributed by atoms with Gasteiger partial charge in [0.1, 0.15) is 0 Å². The minimum atomic E-state index is -2.67. The van der Waals surface area contributed by atoms with E-state index in [1.165, 1.54) is 0 Å². The van der Waals surface area contributed by atoms with Crippen LogP contribution in [-0.4, -0.2) is 35.5 Å². The van der Waals surface area contributed by atoms with Crippen molar-refractivity contribution in [1.82, 2.24) is 15.5 Å². The van der Waals surface area contributed by atoms with Crippen molar-refractivity contribution >= 4 is 22.5 Å². The van der Waals surface area contributed by atoms with Crippen molar-refractivity contribution in [1.29, 1.82) is 0 Å². The molecule has 112 valence electrons. The molecule has 0 radical (unpaired) electrons. The quantitative estimate of drug-likeness (QED) is 0.876. The predicted molar refractivity (Wildman–Crippen MR) is 70.1 cm³/mol. The van der Waals surface area contributed by atoms with Crippen molar-refractivity contribution < 1.29 is 18.3 Å². The molecule has 9 heteroatoms. The molecule has 0 bridgehead atoms. The molecule has 2 N–H and O–H groups in total. The van der Waals surface area contributed by atoms with Crippen LogP contribution in [0.1, 0.15) is 37.1 Å². The zero-order valence-corrected chi connectivity index (χ0v) is 11.6. The van der Waals surface area contributed by atoms with E-state index >= 15 is 0 Å². The number of amides is 2. The first-order chi connectivity index (χ1) is 9.65. The number of urea groups is 1. The highest BCUT2D eigenvalue weighted by atomic mass is 32.1. The number of anilines is 1. The number of rotatable bonds is 5. The highest BCUT2D eigenvalue weighted by molar-refractivity contribution is 7.15. The third kappa shape index (κ3) is 4.64. The van der Waals surface area contributed by atoms with Crippen molar-refractivity contribution in [3.63, 3.8) is 0 Å². The second-order valence-corrected chi connectivity index (χ2v) is 5.41. The molecule has 1 saturated heterocycles. The van der Waals surface area contributed by atoms with Gasteiger partial charge in [-0.3, -0.25) is 5.32 Å². The Bertz CT molecular complexity index is 438. The number of alkyl halides is 2. The smallest absolute Gasteiger partial charge is 0.321 e. The van der Waals surface area contributed by atoms with Gasteiger partial charge in [0, 0.05) is 13.2 Å². The van der Waals surface area contributed by atoms with E-state index in [1.54, 1.807) is 0 Å². The van der Waals surface area contributed by atoms with Gasteiger partial charge in [0.05, 0.1) is 6.10 Å². The average Bonchev–Trinajstić information content (AvgIpc) is 2.88. The standard InChI is InChI=1S/C11H16F2N4O2S/c12-8(13)9-16-17-11(20-9)15-10(18)14-5-4-7-3-1-2-6-19-7/h7-8H,1-6H2,(H2,14,15,17,18). The summed E-state index contributed by atoms with van der Waals surface area (Å²) in [7, 11) is 0. The molecule has 0 saturated carbocycles. The van der Waals surface area contributed by atoms with Crippen LogP contribution in [-0.2, 0) is 4.74 Å². The number of nitrogens with zero attached hydrogens (tertiary/aromatic N) is 2. The lowest BCUT2D eigenvalue weighted by atomic mass is 10.1. The Balaban J connectivity index is 1.66. The zero-order chi connectivity index (χ0) is 14.4. The second-order valence-electron chi connectivity index (χ2n) is 4.40. The van der Waals surface area contributed by atoms with Gasteiger partial charge in [0.2, 0.25) is 5.13 Å². The van der Waals surface area contributed by atoms with Crippen LogP contribution in [0, 0.1) is 0 Å². The van der Waals surface area contributed by atoms with E-state index in [2.05, 4.69) is 20.8 Å². The first kappa shape index (κ1) is 15.0. The number of aromatic nitrogens is 2. The molecule has 1 aliphatic rings. The molecule has 2 amide bonds. The average molecular weight is 306 g/mol. The molecule has 2 rings (SSSR count). The fraction of sp³-hybridized carbons (Fsp3) is 0.727. The second kappa shape index (κ2) is 7.44. The summed E-state index contributed by atoms with van der Waals surface area (Å²) in [6.45, 7) is 1.25. The lowest BCUT2D eigenvalue weighted by Gasteiger charge is -2.22. The van der Waals surface area contributed by atoms with Gasteiger partial charge >= 0.3 is 6.03 Å². The Hall–Kier alpha value is -1.35. The number of carbonyl (C=O) groups excluding carboxylic acids is 1. The number of hydrogen-bond acceptors (Lipinski definition) is 5. The summed E-state index contributed by atoms with van der Waals surface area (Å²) >= 11 is 0.662. The van der Waals surface area contributed by atoms with Crippen LogP contribution in [0.25, 0.3) is 0 Å². The number of nitrogens with one attached hydrogen (secondary N) is 2. The van der Waals surface area contributed by atoms with E-state index in [0.717, 1.165) is 32.3 Å². The Morgan fingerprint density at radius 2 is 2.30 bits per heavy atom. The lowest BCUT2D eigenvalue weighted by Crippen LogP contribution is -2.32. The summed E-state index contributed by atoms with van der Waals surface area (Å²) in [5.41, 5.74) is 0. The molecule has 0 aromatic carbocycles. The summed E-state index contributed by atoms with van der Waals surface area (Å²) < 4.78 is 30.1. The van der Waals surface area contributed by atoms with Gasteiger partial charge in [-0.05, 0) is 25.7 Å². The summed E-state index contributed by atoms with van der Waals surface area (Å²) in [4.78, 5) is 11.5. The molecule has 1 fully saturated rings. The van der Waals surface area contributed by atoms with Crippen LogP contribution in [0.3, 0.4) is 0 Å². The van der Waals surface area contributed by atoms with Gasteiger partial charge in [-0.1, -0.05) is 11.3 Å². The molecule has 2 heterocycles. The van der Waals surface area contributed by atoms with Crippen LogP contribution in [0.15, 0.2) is 0 Å². The lowest BCUT2D eigenvalue weighted by molar-refractivity contribution is 0.0120.